The molecule has 0 radical (unpaired) electrons. The van der Waals surface area contributed by atoms with Crippen LogP contribution in [0.3, 0.4) is 0 Å². The molecule has 6 heteroatoms. The molecule has 2 rings (SSSR count). The van der Waals surface area contributed by atoms with E-state index < -0.39 is 0 Å². The third kappa shape index (κ3) is 1.52. The molecule has 0 fully saturated rings. The summed E-state index contributed by atoms with van der Waals surface area (Å²) in [5.74, 6) is 0.442. The summed E-state index contributed by atoms with van der Waals surface area (Å²) in [6, 6.07) is 3.48. The Hall–Kier alpha value is -1.31. The van der Waals surface area contributed by atoms with Gasteiger partial charge in [-0.1, -0.05) is 0 Å². The molecule has 2 heterocycles. The maximum absolute atomic E-state index is 9.40. The third-order valence-electron chi connectivity index (χ3n) is 1.61. The van der Waals surface area contributed by atoms with Gasteiger partial charge in [-0.15, -0.1) is 0 Å². The molecular weight excluding hydrogens is 297 g/mol. The smallest absolute Gasteiger partial charge is 0.230 e. The molecular formula is C8H6IN3O2. The zero-order valence-corrected chi connectivity index (χ0v) is 9.09. The average Bonchev–Trinajstić information content (AvgIpc) is 2.63. The molecule has 2 aromatic rings. The van der Waals surface area contributed by atoms with Crippen molar-refractivity contribution in [3.63, 3.8) is 0 Å². The number of rotatable bonds is 1. The lowest BCUT2D eigenvalue weighted by atomic mass is 10.3. The van der Waals surface area contributed by atoms with E-state index in [0.717, 1.165) is 0 Å². The van der Waals surface area contributed by atoms with Crippen molar-refractivity contribution >= 4 is 28.5 Å². The van der Waals surface area contributed by atoms with Crippen LogP contribution in [-0.4, -0.2) is 15.1 Å². The molecule has 0 bridgehead atoms. The molecule has 0 amide bonds. The van der Waals surface area contributed by atoms with Crippen molar-refractivity contribution in [3.8, 4) is 17.3 Å². The summed E-state index contributed by atoms with van der Waals surface area (Å²) in [5, 5.41) is 9.40. The predicted octanol–water partition coefficient (Wildman–Crippen LogP) is 1.63. The Morgan fingerprint density at radius 2 is 2.21 bits per heavy atom. The van der Waals surface area contributed by atoms with Crippen LogP contribution in [0.5, 0.6) is 5.88 Å². The van der Waals surface area contributed by atoms with Crippen LogP contribution < -0.4 is 5.73 Å². The van der Waals surface area contributed by atoms with Crippen molar-refractivity contribution < 1.29 is 9.52 Å². The van der Waals surface area contributed by atoms with Crippen molar-refractivity contribution in [2.75, 3.05) is 5.73 Å². The summed E-state index contributed by atoms with van der Waals surface area (Å²) in [5.41, 5.74) is 5.91. The van der Waals surface area contributed by atoms with Crippen LogP contribution in [0.2, 0.25) is 0 Å². The highest BCUT2D eigenvalue weighted by atomic mass is 127. The molecule has 0 spiro atoms. The SMILES string of the molecule is Nc1nc(O)c(I)c(-c2ccco2)n1. The van der Waals surface area contributed by atoms with Gasteiger partial charge in [-0.05, 0) is 34.7 Å². The third-order valence-corrected chi connectivity index (χ3v) is 2.60. The molecule has 0 saturated heterocycles. The molecule has 0 saturated carbocycles. The highest BCUT2D eigenvalue weighted by molar-refractivity contribution is 14.1. The second-order valence-electron chi connectivity index (χ2n) is 2.55. The molecule has 2 aromatic heterocycles. The molecule has 3 N–H and O–H groups in total. The Bertz CT molecular complexity index is 456. The molecule has 0 aromatic carbocycles. The summed E-state index contributed by atoms with van der Waals surface area (Å²) in [6.07, 6.45) is 1.53. The van der Waals surface area contributed by atoms with E-state index in [0.29, 0.717) is 15.0 Å². The number of nitrogen functional groups attached to an aromatic ring is 1. The number of hydrogen-bond acceptors (Lipinski definition) is 5. The van der Waals surface area contributed by atoms with Crippen LogP contribution in [0.1, 0.15) is 0 Å². The van der Waals surface area contributed by atoms with Gasteiger partial charge in [0.1, 0.15) is 9.26 Å². The van der Waals surface area contributed by atoms with Crippen LogP contribution in [0, 0.1) is 3.57 Å². The summed E-state index contributed by atoms with van der Waals surface area (Å²) in [6.45, 7) is 0. The van der Waals surface area contributed by atoms with Gasteiger partial charge in [0.15, 0.2) is 5.76 Å². The Labute approximate surface area is 93.1 Å². The minimum atomic E-state index is -0.135. The molecule has 14 heavy (non-hydrogen) atoms. The highest BCUT2D eigenvalue weighted by Gasteiger charge is 2.13. The number of aromatic nitrogens is 2. The van der Waals surface area contributed by atoms with Gasteiger partial charge in [0.2, 0.25) is 11.8 Å². The Morgan fingerprint density at radius 1 is 1.43 bits per heavy atom. The zero-order chi connectivity index (χ0) is 10.1. The Morgan fingerprint density at radius 3 is 2.86 bits per heavy atom. The second-order valence-corrected chi connectivity index (χ2v) is 3.62. The van der Waals surface area contributed by atoms with Crippen LogP contribution in [-0.2, 0) is 0 Å². The van der Waals surface area contributed by atoms with Gasteiger partial charge >= 0.3 is 0 Å². The Balaban J connectivity index is 2.64. The predicted molar refractivity (Wildman–Crippen MR) is 58.5 cm³/mol. The van der Waals surface area contributed by atoms with Crippen LogP contribution in [0.15, 0.2) is 22.8 Å². The van der Waals surface area contributed by atoms with E-state index in [9.17, 15) is 5.11 Å². The average molecular weight is 303 g/mol. The number of nitrogens with zero attached hydrogens (tertiary/aromatic N) is 2. The first-order chi connectivity index (χ1) is 6.68. The summed E-state index contributed by atoms with van der Waals surface area (Å²) >= 11 is 1.93. The summed E-state index contributed by atoms with van der Waals surface area (Å²) < 4.78 is 5.67. The van der Waals surface area contributed by atoms with E-state index in [1.807, 2.05) is 22.6 Å². The molecule has 72 valence electrons. The van der Waals surface area contributed by atoms with E-state index in [-0.39, 0.29) is 11.8 Å². The monoisotopic (exact) mass is 303 g/mol. The van der Waals surface area contributed by atoms with E-state index in [1.165, 1.54) is 6.26 Å². The molecule has 0 aliphatic carbocycles. The first kappa shape index (κ1) is 9.25. The van der Waals surface area contributed by atoms with Crippen LogP contribution in [0.4, 0.5) is 5.95 Å². The number of aromatic hydroxyl groups is 1. The fourth-order valence-corrected chi connectivity index (χ4v) is 1.54. The van der Waals surface area contributed by atoms with Crippen molar-refractivity contribution in [1.82, 2.24) is 9.97 Å². The Kier molecular flexibility index (Phi) is 2.28. The quantitative estimate of drug-likeness (QED) is 0.782. The maximum Gasteiger partial charge on any atom is 0.230 e. The topological polar surface area (TPSA) is 85.2 Å². The molecule has 0 aliphatic rings. The van der Waals surface area contributed by atoms with Crippen LogP contribution in [0.25, 0.3) is 11.5 Å². The lowest BCUT2D eigenvalue weighted by molar-refractivity contribution is 0.448. The zero-order valence-electron chi connectivity index (χ0n) is 6.94. The summed E-state index contributed by atoms with van der Waals surface area (Å²) in [4.78, 5) is 7.60. The first-order valence-corrected chi connectivity index (χ1v) is 4.82. The number of hydrogen-bond donors (Lipinski definition) is 2. The van der Waals surface area contributed by atoms with E-state index in [1.54, 1.807) is 12.1 Å². The van der Waals surface area contributed by atoms with Gasteiger partial charge in [-0.2, -0.15) is 4.98 Å². The molecule has 0 unspecified atom stereocenters. The largest absolute Gasteiger partial charge is 0.492 e. The van der Waals surface area contributed by atoms with E-state index in [4.69, 9.17) is 10.2 Å². The first-order valence-electron chi connectivity index (χ1n) is 3.74. The standard InChI is InChI=1S/C8H6IN3O2/c9-5-6(4-2-1-3-14-4)11-8(10)12-7(5)13/h1-3H,(H3,10,11,12,13). The lowest BCUT2D eigenvalue weighted by Crippen LogP contribution is -1.98. The van der Waals surface area contributed by atoms with Gasteiger partial charge in [0.25, 0.3) is 0 Å². The van der Waals surface area contributed by atoms with Gasteiger partial charge < -0.3 is 15.3 Å². The number of anilines is 1. The summed E-state index contributed by atoms with van der Waals surface area (Å²) in [7, 11) is 0. The lowest BCUT2D eigenvalue weighted by Gasteiger charge is -2.02. The maximum atomic E-state index is 9.40. The van der Waals surface area contributed by atoms with Gasteiger partial charge in [0, 0.05) is 0 Å². The number of nitrogens with two attached hydrogens (primary N) is 1. The second kappa shape index (κ2) is 3.45. The van der Waals surface area contributed by atoms with E-state index >= 15 is 0 Å². The van der Waals surface area contributed by atoms with Crippen molar-refractivity contribution in [2.24, 2.45) is 0 Å². The van der Waals surface area contributed by atoms with Gasteiger partial charge in [-0.25, -0.2) is 4.98 Å². The minimum Gasteiger partial charge on any atom is -0.492 e. The molecule has 0 aliphatic heterocycles. The van der Waals surface area contributed by atoms with Crippen molar-refractivity contribution in [3.05, 3.63) is 22.0 Å². The fraction of sp³-hybridized carbons (Fsp3) is 0. The number of halogens is 1. The molecule has 5 nitrogen and oxygen atoms in total. The van der Waals surface area contributed by atoms with Gasteiger partial charge in [0.05, 0.1) is 6.26 Å². The van der Waals surface area contributed by atoms with E-state index in [2.05, 4.69) is 9.97 Å². The van der Waals surface area contributed by atoms with Gasteiger partial charge in [-0.3, -0.25) is 0 Å². The highest BCUT2D eigenvalue weighted by Crippen LogP contribution is 2.29. The molecule has 0 atom stereocenters. The van der Waals surface area contributed by atoms with Crippen molar-refractivity contribution in [1.29, 1.82) is 0 Å². The fourth-order valence-electron chi connectivity index (χ4n) is 1.03. The number of furan rings is 1. The normalized spacial score (nSPS) is 10.4. The minimum absolute atomic E-state index is 0.0225. The van der Waals surface area contributed by atoms with Crippen LogP contribution >= 0.6 is 22.6 Å². The van der Waals surface area contributed by atoms with Crippen molar-refractivity contribution in [2.45, 2.75) is 0 Å².